The van der Waals surface area contributed by atoms with Crippen LogP contribution in [-0.4, -0.2) is 12.6 Å². The fourth-order valence-electron chi connectivity index (χ4n) is 2.27. The van der Waals surface area contributed by atoms with Gasteiger partial charge >= 0.3 is 0 Å². The summed E-state index contributed by atoms with van der Waals surface area (Å²) >= 11 is 0. The third-order valence-corrected chi connectivity index (χ3v) is 4.13. The molecule has 1 nitrogen and oxygen atoms in total. The summed E-state index contributed by atoms with van der Waals surface area (Å²) in [5.74, 6) is 1.69. The van der Waals surface area contributed by atoms with Gasteiger partial charge in [0.1, 0.15) is 0 Å². The Balaban J connectivity index is 2.24. The van der Waals surface area contributed by atoms with Gasteiger partial charge in [0.05, 0.1) is 0 Å². The van der Waals surface area contributed by atoms with E-state index in [-0.39, 0.29) is 0 Å². The van der Waals surface area contributed by atoms with Gasteiger partial charge in [0, 0.05) is 6.04 Å². The molecule has 0 radical (unpaired) electrons. The zero-order valence-electron chi connectivity index (χ0n) is 11.3. The quantitative estimate of drug-likeness (QED) is 0.748. The molecule has 1 aliphatic rings. The van der Waals surface area contributed by atoms with Crippen LogP contribution >= 0.6 is 0 Å². The monoisotopic (exact) mass is 211 g/mol. The zero-order valence-corrected chi connectivity index (χ0v) is 11.3. The molecule has 1 saturated carbocycles. The van der Waals surface area contributed by atoms with E-state index in [4.69, 9.17) is 0 Å². The molecule has 0 aliphatic heterocycles. The van der Waals surface area contributed by atoms with Crippen LogP contribution in [0.5, 0.6) is 0 Å². The Morgan fingerprint density at radius 3 is 2.47 bits per heavy atom. The van der Waals surface area contributed by atoms with Crippen molar-refractivity contribution in [2.45, 2.75) is 66.3 Å². The molecule has 15 heavy (non-hydrogen) atoms. The summed E-state index contributed by atoms with van der Waals surface area (Å²) in [4.78, 5) is 0. The van der Waals surface area contributed by atoms with Crippen molar-refractivity contribution >= 4 is 0 Å². The summed E-state index contributed by atoms with van der Waals surface area (Å²) in [6.07, 6.45) is 5.63. The summed E-state index contributed by atoms with van der Waals surface area (Å²) in [5.41, 5.74) is 0.438. The molecule has 0 aromatic heterocycles. The van der Waals surface area contributed by atoms with Gasteiger partial charge in [-0.05, 0) is 36.6 Å². The highest BCUT2D eigenvalue weighted by Gasteiger charge is 2.23. The largest absolute Gasteiger partial charge is 0.314 e. The van der Waals surface area contributed by atoms with Crippen molar-refractivity contribution in [2.75, 3.05) is 6.54 Å². The Kier molecular flexibility index (Phi) is 4.64. The molecule has 1 N–H and O–H groups in total. The molecule has 90 valence electrons. The van der Waals surface area contributed by atoms with E-state index in [1.807, 2.05) is 0 Å². The highest BCUT2D eigenvalue weighted by atomic mass is 14.9. The van der Waals surface area contributed by atoms with Gasteiger partial charge in [-0.1, -0.05) is 47.5 Å². The minimum absolute atomic E-state index is 0.438. The maximum absolute atomic E-state index is 3.76. The van der Waals surface area contributed by atoms with Crippen LogP contribution in [0, 0.1) is 17.3 Å². The van der Waals surface area contributed by atoms with Gasteiger partial charge in [0.15, 0.2) is 0 Å². The van der Waals surface area contributed by atoms with Crippen LogP contribution in [0.2, 0.25) is 0 Å². The lowest BCUT2D eigenvalue weighted by Gasteiger charge is -2.32. The third-order valence-electron chi connectivity index (χ3n) is 4.13. The smallest absolute Gasteiger partial charge is 0.00697 e. The second kappa shape index (κ2) is 5.34. The Morgan fingerprint density at radius 1 is 1.27 bits per heavy atom. The van der Waals surface area contributed by atoms with Crippen molar-refractivity contribution in [2.24, 2.45) is 17.3 Å². The van der Waals surface area contributed by atoms with Gasteiger partial charge in [-0.3, -0.25) is 0 Å². The van der Waals surface area contributed by atoms with Crippen LogP contribution < -0.4 is 5.32 Å². The molecule has 1 rings (SSSR count). The minimum atomic E-state index is 0.438. The lowest BCUT2D eigenvalue weighted by atomic mass is 9.81. The van der Waals surface area contributed by atoms with Crippen molar-refractivity contribution in [1.29, 1.82) is 0 Å². The second-order valence-corrected chi connectivity index (χ2v) is 6.64. The van der Waals surface area contributed by atoms with Crippen molar-refractivity contribution in [1.82, 2.24) is 5.32 Å². The molecule has 3 unspecified atom stereocenters. The highest BCUT2D eigenvalue weighted by molar-refractivity contribution is 4.79. The molecule has 0 bridgehead atoms. The van der Waals surface area contributed by atoms with Crippen LogP contribution in [0.25, 0.3) is 0 Å². The Bertz CT molecular complexity index is 180. The molecular weight excluding hydrogens is 182 g/mol. The first-order valence-electron chi connectivity index (χ1n) is 6.63. The predicted octanol–water partition coefficient (Wildman–Crippen LogP) is 3.84. The van der Waals surface area contributed by atoms with Gasteiger partial charge in [-0.2, -0.15) is 0 Å². The summed E-state index contributed by atoms with van der Waals surface area (Å²) in [6, 6.07) is 0.790. The van der Waals surface area contributed by atoms with E-state index in [2.05, 4.69) is 39.9 Å². The Labute approximate surface area is 96.0 Å². The molecule has 0 heterocycles. The van der Waals surface area contributed by atoms with E-state index in [1.54, 1.807) is 0 Å². The maximum atomic E-state index is 3.76. The fraction of sp³-hybridized carbons (Fsp3) is 1.00. The number of rotatable bonds is 3. The third kappa shape index (κ3) is 4.55. The SMILES string of the molecule is CC1CCCC(NCC(C)C(C)(C)C)C1. The first-order chi connectivity index (χ1) is 6.89. The Morgan fingerprint density at radius 2 is 1.93 bits per heavy atom. The lowest BCUT2D eigenvalue weighted by molar-refractivity contribution is 0.225. The van der Waals surface area contributed by atoms with E-state index < -0.39 is 0 Å². The standard InChI is InChI=1S/C14H29N/c1-11-7-6-8-13(9-11)15-10-12(2)14(3,4)5/h11-13,15H,6-10H2,1-5H3. The number of hydrogen-bond acceptors (Lipinski definition) is 1. The van der Waals surface area contributed by atoms with Crippen LogP contribution in [0.1, 0.15) is 60.3 Å². The highest BCUT2D eigenvalue weighted by Crippen LogP contribution is 2.26. The number of hydrogen-bond donors (Lipinski definition) is 1. The molecular formula is C14H29N. The Hall–Kier alpha value is -0.0400. The maximum Gasteiger partial charge on any atom is 0.00697 e. The van der Waals surface area contributed by atoms with Crippen LogP contribution in [0.3, 0.4) is 0 Å². The van der Waals surface area contributed by atoms with Crippen LogP contribution in [0.4, 0.5) is 0 Å². The molecule has 0 amide bonds. The molecule has 0 spiro atoms. The second-order valence-electron chi connectivity index (χ2n) is 6.64. The van der Waals surface area contributed by atoms with Crippen molar-refractivity contribution in [3.63, 3.8) is 0 Å². The van der Waals surface area contributed by atoms with Gasteiger partial charge in [0.25, 0.3) is 0 Å². The molecule has 1 aliphatic carbocycles. The summed E-state index contributed by atoms with van der Waals surface area (Å²) in [7, 11) is 0. The fourth-order valence-corrected chi connectivity index (χ4v) is 2.27. The van der Waals surface area contributed by atoms with Gasteiger partial charge in [-0.25, -0.2) is 0 Å². The lowest BCUT2D eigenvalue weighted by Crippen LogP contribution is -2.38. The van der Waals surface area contributed by atoms with Crippen LogP contribution in [-0.2, 0) is 0 Å². The topological polar surface area (TPSA) is 12.0 Å². The zero-order chi connectivity index (χ0) is 11.5. The summed E-state index contributed by atoms with van der Waals surface area (Å²) < 4.78 is 0. The predicted molar refractivity (Wildman–Crippen MR) is 68.0 cm³/mol. The minimum Gasteiger partial charge on any atom is -0.314 e. The van der Waals surface area contributed by atoms with Crippen molar-refractivity contribution in [3.8, 4) is 0 Å². The molecule has 0 aromatic rings. The van der Waals surface area contributed by atoms with E-state index in [1.165, 1.54) is 32.2 Å². The normalized spacial score (nSPS) is 30.2. The van der Waals surface area contributed by atoms with Crippen molar-refractivity contribution in [3.05, 3.63) is 0 Å². The summed E-state index contributed by atoms with van der Waals surface area (Å²) in [5, 5.41) is 3.76. The molecule has 1 heteroatoms. The molecule has 3 atom stereocenters. The van der Waals surface area contributed by atoms with E-state index in [0.29, 0.717) is 5.41 Å². The molecule has 0 aromatic carbocycles. The number of nitrogens with one attached hydrogen (secondary N) is 1. The first-order valence-corrected chi connectivity index (χ1v) is 6.63. The molecule has 0 saturated heterocycles. The average molecular weight is 211 g/mol. The van der Waals surface area contributed by atoms with Gasteiger partial charge in [-0.15, -0.1) is 0 Å². The average Bonchev–Trinajstić information content (AvgIpc) is 2.12. The van der Waals surface area contributed by atoms with Gasteiger partial charge < -0.3 is 5.32 Å². The van der Waals surface area contributed by atoms with E-state index in [9.17, 15) is 0 Å². The summed E-state index contributed by atoms with van der Waals surface area (Å²) in [6.45, 7) is 12.9. The first kappa shape index (κ1) is 13.0. The van der Waals surface area contributed by atoms with E-state index >= 15 is 0 Å². The van der Waals surface area contributed by atoms with Crippen molar-refractivity contribution < 1.29 is 0 Å². The molecule has 1 fully saturated rings. The van der Waals surface area contributed by atoms with Gasteiger partial charge in [0.2, 0.25) is 0 Å². The van der Waals surface area contributed by atoms with Crippen LogP contribution in [0.15, 0.2) is 0 Å². The van der Waals surface area contributed by atoms with E-state index in [0.717, 1.165) is 17.9 Å².